The number of nitrogens with zero attached hydrogens (tertiary/aromatic N) is 1. The lowest BCUT2D eigenvalue weighted by Crippen LogP contribution is -2.43. The third-order valence-corrected chi connectivity index (χ3v) is 5.10. The van der Waals surface area contributed by atoms with Crippen LogP contribution in [0.3, 0.4) is 0 Å². The number of nitro groups is 1. The van der Waals surface area contributed by atoms with E-state index in [1.807, 2.05) is 60.7 Å². The number of amides is 2. The number of nitro benzene ring substituents is 1. The summed E-state index contributed by atoms with van der Waals surface area (Å²) in [6.07, 6.45) is 0. The number of hydrogen-bond donors (Lipinski definition) is 3. The van der Waals surface area contributed by atoms with Crippen LogP contribution in [0.1, 0.15) is 22.7 Å². The fourth-order valence-corrected chi connectivity index (χ4v) is 3.71. The van der Waals surface area contributed by atoms with Crippen molar-refractivity contribution in [2.45, 2.75) is 6.04 Å². The molecule has 4 rings (SSSR count). The Morgan fingerprint density at radius 1 is 0.967 bits per heavy atom. The molecule has 3 aromatic rings. The van der Waals surface area contributed by atoms with E-state index < -0.39 is 28.4 Å². The summed E-state index contributed by atoms with van der Waals surface area (Å²) < 4.78 is 0. The van der Waals surface area contributed by atoms with Crippen molar-refractivity contribution in [2.24, 2.45) is 0 Å². The van der Waals surface area contributed by atoms with Crippen LogP contribution in [0.15, 0.2) is 72.8 Å². The minimum Gasteiger partial charge on any atom is -0.501 e. The molecule has 8 heteroatoms. The molecule has 1 aliphatic heterocycles. The van der Waals surface area contributed by atoms with E-state index >= 15 is 0 Å². The Balaban J connectivity index is 1.99. The van der Waals surface area contributed by atoms with Gasteiger partial charge in [-0.2, -0.15) is 0 Å². The van der Waals surface area contributed by atoms with Crippen molar-refractivity contribution in [1.29, 1.82) is 0 Å². The Bertz CT molecular complexity index is 1160. The molecule has 1 heterocycles. The molecule has 1 unspecified atom stereocenters. The molecule has 7 nitrogen and oxygen atoms in total. The highest BCUT2D eigenvalue weighted by Gasteiger charge is 2.32. The number of aromatic hydroxyl groups is 1. The zero-order valence-electron chi connectivity index (χ0n) is 15.5. The average Bonchev–Trinajstić information content (AvgIpc) is 2.76. The first-order chi connectivity index (χ1) is 14.5. The molecule has 0 saturated carbocycles. The van der Waals surface area contributed by atoms with Crippen molar-refractivity contribution in [3.8, 4) is 5.75 Å². The van der Waals surface area contributed by atoms with Crippen LogP contribution in [0.2, 0.25) is 5.02 Å². The summed E-state index contributed by atoms with van der Waals surface area (Å²) in [5.74, 6) is -0.612. The molecule has 0 fully saturated rings. The quantitative estimate of drug-likeness (QED) is 0.412. The van der Waals surface area contributed by atoms with E-state index in [0.29, 0.717) is 11.3 Å². The molecule has 3 aromatic carbocycles. The molecule has 1 aliphatic rings. The lowest BCUT2D eigenvalue weighted by Gasteiger charge is -2.31. The van der Waals surface area contributed by atoms with E-state index in [0.717, 1.165) is 16.7 Å². The molecule has 3 N–H and O–H groups in total. The highest BCUT2D eigenvalue weighted by molar-refractivity contribution is 6.32. The highest BCUT2D eigenvalue weighted by atomic mass is 35.5. The van der Waals surface area contributed by atoms with E-state index in [4.69, 9.17) is 11.6 Å². The Hall–Kier alpha value is -3.84. The predicted molar refractivity (Wildman–Crippen MR) is 114 cm³/mol. The number of halogens is 1. The second-order valence-electron chi connectivity index (χ2n) is 6.68. The largest absolute Gasteiger partial charge is 0.501 e. The van der Waals surface area contributed by atoms with Crippen molar-refractivity contribution in [3.63, 3.8) is 0 Å². The van der Waals surface area contributed by atoms with Gasteiger partial charge in [0, 0.05) is 11.6 Å². The second-order valence-corrected chi connectivity index (χ2v) is 7.09. The molecule has 30 heavy (non-hydrogen) atoms. The first-order valence-corrected chi connectivity index (χ1v) is 9.43. The standard InChI is InChI=1S/C22H16ClN3O4/c23-16-11-15(12-17(21(16)27)26(29)30)20-18(13-7-3-1-4-8-13)19(24-22(28)25-20)14-9-5-2-6-10-14/h1-12,20,27H,(H2,24,25,28). The first-order valence-electron chi connectivity index (χ1n) is 9.05. The molecule has 0 aromatic heterocycles. The number of phenols is 1. The Labute approximate surface area is 176 Å². The predicted octanol–water partition coefficient (Wildman–Crippen LogP) is 4.88. The van der Waals surface area contributed by atoms with Gasteiger partial charge in [-0.1, -0.05) is 72.3 Å². The highest BCUT2D eigenvalue weighted by Crippen LogP contribution is 2.42. The molecule has 1 atom stereocenters. The number of nitrogens with one attached hydrogen (secondary N) is 2. The molecule has 0 bridgehead atoms. The maximum absolute atomic E-state index is 12.5. The fourth-order valence-electron chi connectivity index (χ4n) is 3.49. The zero-order chi connectivity index (χ0) is 21.3. The van der Waals surface area contributed by atoms with Crippen molar-refractivity contribution < 1.29 is 14.8 Å². The lowest BCUT2D eigenvalue weighted by atomic mass is 9.87. The molecular formula is C22H16ClN3O4. The summed E-state index contributed by atoms with van der Waals surface area (Å²) >= 11 is 6.07. The van der Waals surface area contributed by atoms with Crippen molar-refractivity contribution in [2.75, 3.05) is 0 Å². The number of rotatable bonds is 4. The van der Waals surface area contributed by atoms with E-state index in [9.17, 15) is 20.0 Å². The zero-order valence-corrected chi connectivity index (χ0v) is 16.3. The van der Waals surface area contributed by atoms with Crippen molar-refractivity contribution in [3.05, 3.63) is 105 Å². The van der Waals surface area contributed by atoms with Crippen LogP contribution in [-0.4, -0.2) is 16.1 Å². The van der Waals surface area contributed by atoms with Gasteiger partial charge in [-0.25, -0.2) is 4.79 Å². The van der Waals surface area contributed by atoms with Gasteiger partial charge in [0.15, 0.2) is 0 Å². The van der Waals surface area contributed by atoms with Crippen LogP contribution >= 0.6 is 11.6 Å². The van der Waals surface area contributed by atoms with Gasteiger partial charge < -0.3 is 15.7 Å². The van der Waals surface area contributed by atoms with Gasteiger partial charge in [0.1, 0.15) is 0 Å². The Morgan fingerprint density at radius 3 is 2.17 bits per heavy atom. The monoisotopic (exact) mass is 421 g/mol. The van der Waals surface area contributed by atoms with Gasteiger partial charge in [-0.05, 0) is 22.8 Å². The van der Waals surface area contributed by atoms with Crippen LogP contribution in [-0.2, 0) is 0 Å². The number of carbonyl (C=O) groups is 1. The summed E-state index contributed by atoms with van der Waals surface area (Å²) in [4.78, 5) is 23.2. The number of phenolic OH excluding ortho intramolecular Hbond substituents is 1. The summed E-state index contributed by atoms with van der Waals surface area (Å²) in [6, 6.07) is 20.2. The van der Waals surface area contributed by atoms with E-state index in [2.05, 4.69) is 10.6 Å². The SMILES string of the molecule is O=C1NC(c2ccccc2)=C(c2ccccc2)C(c2cc(Cl)c(O)c([N+](=O)[O-])c2)N1. The minimum atomic E-state index is -0.729. The van der Waals surface area contributed by atoms with Crippen LogP contribution in [0.4, 0.5) is 10.5 Å². The second kappa shape index (κ2) is 7.88. The number of carbonyl (C=O) groups excluding carboxylic acids is 1. The van der Waals surface area contributed by atoms with Gasteiger partial charge in [-0.3, -0.25) is 10.1 Å². The van der Waals surface area contributed by atoms with Crippen molar-refractivity contribution in [1.82, 2.24) is 10.6 Å². The van der Waals surface area contributed by atoms with Gasteiger partial charge in [0.05, 0.1) is 21.7 Å². The molecule has 0 radical (unpaired) electrons. The van der Waals surface area contributed by atoms with Gasteiger partial charge in [-0.15, -0.1) is 0 Å². The third kappa shape index (κ3) is 3.58. The van der Waals surface area contributed by atoms with E-state index in [1.165, 1.54) is 12.1 Å². The molecule has 0 saturated heterocycles. The number of hydrogen-bond acceptors (Lipinski definition) is 4. The minimum absolute atomic E-state index is 0.166. The summed E-state index contributed by atoms with van der Waals surface area (Å²) in [5.41, 5.74) is 2.77. The van der Waals surface area contributed by atoms with E-state index in [1.54, 1.807) is 0 Å². The maximum atomic E-state index is 12.5. The molecule has 150 valence electrons. The Kier molecular flexibility index (Phi) is 5.12. The summed E-state index contributed by atoms with van der Waals surface area (Å²) in [5, 5.41) is 26.9. The molecule has 0 aliphatic carbocycles. The smallest absolute Gasteiger partial charge is 0.320 e. The van der Waals surface area contributed by atoms with Crippen molar-refractivity contribution >= 4 is 34.6 Å². The normalized spacial score (nSPS) is 16.0. The summed E-state index contributed by atoms with van der Waals surface area (Å²) in [6.45, 7) is 0. The molecule has 0 spiro atoms. The third-order valence-electron chi connectivity index (χ3n) is 4.81. The fraction of sp³-hybridized carbons (Fsp3) is 0.0455. The number of urea groups is 1. The molecule has 2 amide bonds. The van der Waals surface area contributed by atoms with Crippen LogP contribution in [0, 0.1) is 10.1 Å². The average molecular weight is 422 g/mol. The van der Waals surface area contributed by atoms with Gasteiger partial charge in [0.25, 0.3) is 0 Å². The van der Waals surface area contributed by atoms with Gasteiger partial charge >= 0.3 is 11.7 Å². The maximum Gasteiger partial charge on any atom is 0.320 e. The molecular weight excluding hydrogens is 406 g/mol. The van der Waals surface area contributed by atoms with Crippen LogP contribution in [0.5, 0.6) is 5.75 Å². The van der Waals surface area contributed by atoms with Gasteiger partial charge in [0.2, 0.25) is 5.75 Å². The van der Waals surface area contributed by atoms with Crippen LogP contribution in [0.25, 0.3) is 11.3 Å². The Morgan fingerprint density at radius 2 is 1.57 bits per heavy atom. The number of benzene rings is 3. The lowest BCUT2D eigenvalue weighted by molar-refractivity contribution is -0.385. The summed E-state index contributed by atoms with van der Waals surface area (Å²) in [7, 11) is 0. The topological polar surface area (TPSA) is 104 Å². The van der Waals surface area contributed by atoms with Crippen LogP contribution < -0.4 is 10.6 Å². The first kappa shape index (κ1) is 19.5. The van der Waals surface area contributed by atoms with E-state index in [-0.39, 0.29) is 5.02 Å².